The van der Waals surface area contributed by atoms with Crippen LogP contribution in [0.5, 0.6) is 0 Å². The Morgan fingerprint density at radius 1 is 1.32 bits per heavy atom. The van der Waals surface area contributed by atoms with E-state index in [1.165, 1.54) is 35.6 Å². The van der Waals surface area contributed by atoms with Crippen LogP contribution in [0.3, 0.4) is 0 Å². The quantitative estimate of drug-likeness (QED) is 0.276. The summed E-state index contributed by atoms with van der Waals surface area (Å²) >= 11 is 1.46. The van der Waals surface area contributed by atoms with E-state index in [0.717, 1.165) is 21.3 Å². The van der Waals surface area contributed by atoms with Crippen molar-refractivity contribution in [1.29, 1.82) is 0 Å². The minimum Gasteiger partial charge on any atom is -0.312 e. The average molecular weight is 393 g/mol. The molecular formula is C21H19N3O3S. The first-order chi connectivity index (χ1) is 13.4. The largest absolute Gasteiger partial charge is 0.312 e. The molecule has 28 heavy (non-hydrogen) atoms. The van der Waals surface area contributed by atoms with E-state index in [0.29, 0.717) is 16.9 Å². The normalized spacial score (nSPS) is 12.0. The van der Waals surface area contributed by atoms with Crippen molar-refractivity contribution in [2.45, 2.75) is 20.4 Å². The lowest BCUT2D eigenvalue weighted by Crippen LogP contribution is -2.15. The SMILES string of the molecule is C=CCn1c(=NC(=O)/C=C/c2cccc([N+](=O)[O-])c2)sc2c(C)cc(C)cc21. The summed E-state index contributed by atoms with van der Waals surface area (Å²) in [5.41, 5.74) is 3.85. The van der Waals surface area contributed by atoms with Crippen LogP contribution in [0.2, 0.25) is 0 Å². The van der Waals surface area contributed by atoms with Gasteiger partial charge in [-0.3, -0.25) is 14.9 Å². The molecule has 0 fully saturated rings. The number of carbonyl (C=O) groups is 1. The van der Waals surface area contributed by atoms with Crippen molar-refractivity contribution in [3.63, 3.8) is 0 Å². The lowest BCUT2D eigenvalue weighted by molar-refractivity contribution is -0.384. The number of amides is 1. The molecule has 142 valence electrons. The van der Waals surface area contributed by atoms with Gasteiger partial charge in [-0.25, -0.2) is 0 Å². The number of benzene rings is 2. The third-order valence-electron chi connectivity index (χ3n) is 4.13. The lowest BCUT2D eigenvalue weighted by Gasteiger charge is -2.03. The highest BCUT2D eigenvalue weighted by Crippen LogP contribution is 2.23. The van der Waals surface area contributed by atoms with Gasteiger partial charge in [0.05, 0.1) is 15.1 Å². The summed E-state index contributed by atoms with van der Waals surface area (Å²) in [6.07, 6.45) is 4.62. The molecular weight excluding hydrogens is 374 g/mol. The fraction of sp³-hybridized carbons (Fsp3) is 0.143. The molecule has 3 aromatic rings. The lowest BCUT2D eigenvalue weighted by atomic mass is 10.1. The molecule has 0 radical (unpaired) electrons. The minimum absolute atomic E-state index is 0.0225. The van der Waals surface area contributed by atoms with Gasteiger partial charge in [0.1, 0.15) is 0 Å². The van der Waals surface area contributed by atoms with E-state index in [-0.39, 0.29) is 5.69 Å². The highest BCUT2D eigenvalue weighted by molar-refractivity contribution is 7.16. The molecule has 0 saturated carbocycles. The number of fused-ring (bicyclic) bond motifs is 1. The van der Waals surface area contributed by atoms with E-state index < -0.39 is 10.8 Å². The van der Waals surface area contributed by atoms with E-state index in [9.17, 15) is 14.9 Å². The molecule has 0 saturated heterocycles. The maximum atomic E-state index is 12.4. The van der Waals surface area contributed by atoms with Gasteiger partial charge in [0.15, 0.2) is 4.80 Å². The van der Waals surface area contributed by atoms with Crippen LogP contribution < -0.4 is 4.80 Å². The predicted molar refractivity (Wildman–Crippen MR) is 112 cm³/mol. The van der Waals surface area contributed by atoms with Gasteiger partial charge in [-0.1, -0.05) is 35.6 Å². The van der Waals surface area contributed by atoms with Crippen LogP contribution in [0.1, 0.15) is 16.7 Å². The van der Waals surface area contributed by atoms with Gasteiger partial charge in [0.2, 0.25) is 0 Å². The molecule has 6 nitrogen and oxygen atoms in total. The molecule has 2 aromatic carbocycles. The maximum absolute atomic E-state index is 12.4. The molecule has 1 heterocycles. The van der Waals surface area contributed by atoms with Crippen molar-refractivity contribution in [2.24, 2.45) is 4.99 Å². The number of allylic oxidation sites excluding steroid dienone is 1. The number of non-ortho nitro benzene ring substituents is 1. The van der Waals surface area contributed by atoms with Crippen LogP contribution in [0, 0.1) is 24.0 Å². The third kappa shape index (κ3) is 4.15. The molecule has 0 spiro atoms. The summed E-state index contributed by atoms with van der Waals surface area (Å²) in [6, 6.07) is 10.3. The fourth-order valence-corrected chi connectivity index (χ4v) is 4.04. The van der Waals surface area contributed by atoms with Gasteiger partial charge in [-0.15, -0.1) is 6.58 Å². The number of aryl methyl sites for hydroxylation is 2. The van der Waals surface area contributed by atoms with Crippen LogP contribution in [0.4, 0.5) is 5.69 Å². The molecule has 0 atom stereocenters. The molecule has 0 aliphatic rings. The van der Waals surface area contributed by atoms with Gasteiger partial charge >= 0.3 is 0 Å². The Morgan fingerprint density at radius 2 is 2.11 bits per heavy atom. The number of hydrogen-bond donors (Lipinski definition) is 0. The number of thiazole rings is 1. The second-order valence-corrected chi connectivity index (χ2v) is 7.33. The Morgan fingerprint density at radius 3 is 2.82 bits per heavy atom. The second-order valence-electron chi connectivity index (χ2n) is 6.35. The molecule has 1 aromatic heterocycles. The molecule has 0 aliphatic carbocycles. The number of rotatable bonds is 5. The van der Waals surface area contributed by atoms with Gasteiger partial charge in [-0.05, 0) is 42.7 Å². The summed E-state index contributed by atoms with van der Waals surface area (Å²) in [5.74, 6) is -0.426. The monoisotopic (exact) mass is 393 g/mol. The Kier molecular flexibility index (Phi) is 5.65. The zero-order valence-corrected chi connectivity index (χ0v) is 16.4. The summed E-state index contributed by atoms with van der Waals surface area (Å²) in [5, 5.41) is 10.9. The number of nitrogens with zero attached hydrogens (tertiary/aromatic N) is 3. The number of nitro benzene ring substituents is 1. The predicted octanol–water partition coefficient (Wildman–Crippen LogP) is 4.55. The summed E-state index contributed by atoms with van der Waals surface area (Å²) in [7, 11) is 0. The zero-order valence-electron chi connectivity index (χ0n) is 15.6. The van der Waals surface area contributed by atoms with Gasteiger partial charge in [-0.2, -0.15) is 4.99 Å². The number of aromatic nitrogens is 1. The van der Waals surface area contributed by atoms with Crippen LogP contribution in [0.15, 0.2) is 60.1 Å². The molecule has 1 amide bonds. The highest BCUT2D eigenvalue weighted by atomic mass is 32.1. The van der Waals surface area contributed by atoms with Gasteiger partial charge in [0.25, 0.3) is 11.6 Å². The standard InChI is InChI=1S/C21H19N3O3S/c1-4-10-23-18-12-14(2)11-15(3)20(18)28-21(23)22-19(25)9-8-16-6-5-7-17(13-16)24(26)27/h4-9,11-13H,1,10H2,2-3H3/b9-8+,22-21?. The van der Waals surface area contributed by atoms with Crippen LogP contribution in [-0.2, 0) is 11.3 Å². The number of nitro groups is 1. The molecule has 0 aliphatic heterocycles. The Labute approximate surface area is 165 Å². The average Bonchev–Trinajstić information content (AvgIpc) is 2.98. The fourth-order valence-electron chi connectivity index (χ4n) is 2.94. The molecule has 0 bridgehead atoms. The first-order valence-corrected chi connectivity index (χ1v) is 9.43. The van der Waals surface area contributed by atoms with E-state index in [1.807, 2.05) is 18.4 Å². The van der Waals surface area contributed by atoms with Crippen molar-refractivity contribution in [1.82, 2.24) is 4.57 Å². The Hall–Kier alpha value is -3.32. The summed E-state index contributed by atoms with van der Waals surface area (Å²) < 4.78 is 3.05. The first kappa shape index (κ1) is 19.4. The maximum Gasteiger partial charge on any atom is 0.272 e. The second kappa shape index (κ2) is 8.14. The first-order valence-electron chi connectivity index (χ1n) is 8.62. The highest BCUT2D eigenvalue weighted by Gasteiger charge is 2.09. The molecule has 7 heteroatoms. The van der Waals surface area contributed by atoms with E-state index in [4.69, 9.17) is 0 Å². The minimum atomic E-state index is -0.469. The third-order valence-corrected chi connectivity index (χ3v) is 5.36. The van der Waals surface area contributed by atoms with Crippen LogP contribution in [0.25, 0.3) is 16.3 Å². The number of hydrogen-bond acceptors (Lipinski definition) is 4. The van der Waals surface area contributed by atoms with Crippen molar-refractivity contribution < 1.29 is 9.72 Å². The van der Waals surface area contributed by atoms with Gasteiger partial charge in [0, 0.05) is 24.8 Å². The van der Waals surface area contributed by atoms with Crippen LogP contribution in [-0.4, -0.2) is 15.4 Å². The topological polar surface area (TPSA) is 77.5 Å². The number of carbonyl (C=O) groups excluding carboxylic acids is 1. The van der Waals surface area contributed by atoms with Crippen molar-refractivity contribution >= 4 is 39.2 Å². The van der Waals surface area contributed by atoms with Crippen molar-refractivity contribution in [2.75, 3.05) is 0 Å². The Bertz CT molecular complexity index is 1190. The zero-order chi connectivity index (χ0) is 20.3. The summed E-state index contributed by atoms with van der Waals surface area (Å²) in [4.78, 5) is 27.6. The van der Waals surface area contributed by atoms with E-state index in [2.05, 4.69) is 23.7 Å². The molecule has 0 N–H and O–H groups in total. The van der Waals surface area contributed by atoms with Crippen molar-refractivity contribution in [3.8, 4) is 0 Å². The van der Waals surface area contributed by atoms with Gasteiger partial charge < -0.3 is 4.57 Å². The summed E-state index contributed by atoms with van der Waals surface area (Å²) in [6.45, 7) is 8.41. The van der Waals surface area contributed by atoms with E-state index >= 15 is 0 Å². The van der Waals surface area contributed by atoms with E-state index in [1.54, 1.807) is 18.2 Å². The van der Waals surface area contributed by atoms with Crippen molar-refractivity contribution in [3.05, 3.63) is 86.7 Å². The smallest absolute Gasteiger partial charge is 0.272 e. The molecule has 0 unspecified atom stereocenters. The van der Waals surface area contributed by atoms with Crippen LogP contribution >= 0.6 is 11.3 Å². The molecule has 3 rings (SSSR count). The Balaban J connectivity index is 1.99.